The highest BCUT2D eigenvalue weighted by atomic mass is 79.9. The molecule has 21 heavy (non-hydrogen) atoms. The van der Waals surface area contributed by atoms with E-state index < -0.39 is 5.54 Å². The lowest BCUT2D eigenvalue weighted by Crippen LogP contribution is -2.48. The first kappa shape index (κ1) is 14.1. The third kappa shape index (κ3) is 2.31. The van der Waals surface area contributed by atoms with Gasteiger partial charge in [0.05, 0.1) is 17.8 Å². The first-order valence-electron chi connectivity index (χ1n) is 6.63. The highest BCUT2D eigenvalue weighted by molar-refractivity contribution is 9.10. The molecular weight excluding hydrogens is 333 g/mol. The fraction of sp³-hybridized carbons (Fsp3) is 0.188. The van der Waals surface area contributed by atoms with Crippen molar-refractivity contribution in [2.75, 3.05) is 11.4 Å². The maximum absolute atomic E-state index is 14.2. The molecule has 0 aromatic heterocycles. The van der Waals surface area contributed by atoms with Crippen LogP contribution in [0.25, 0.3) is 0 Å². The van der Waals surface area contributed by atoms with Crippen LogP contribution in [0.4, 0.5) is 10.1 Å². The molecule has 1 atom stereocenters. The summed E-state index contributed by atoms with van der Waals surface area (Å²) in [6.45, 7) is 2.51. The van der Waals surface area contributed by atoms with Crippen molar-refractivity contribution in [1.29, 1.82) is 0 Å². The average Bonchev–Trinajstić information content (AvgIpc) is 2.77. The van der Waals surface area contributed by atoms with Crippen molar-refractivity contribution >= 4 is 27.6 Å². The molecule has 0 aliphatic carbocycles. The lowest BCUT2D eigenvalue weighted by Gasteiger charge is -2.36. The zero-order chi connectivity index (χ0) is 15.0. The molecule has 1 aliphatic rings. The summed E-state index contributed by atoms with van der Waals surface area (Å²) in [6.07, 6.45) is 0. The molecule has 3 rings (SSSR count). The summed E-state index contributed by atoms with van der Waals surface area (Å²) in [6, 6.07) is 14.6. The Balaban J connectivity index is 2.13. The minimum absolute atomic E-state index is 0.307. The number of rotatable bonds is 2. The quantitative estimate of drug-likeness (QED) is 0.900. The number of hydrogen-bond donors (Lipinski definition) is 1. The van der Waals surface area contributed by atoms with Gasteiger partial charge in [-0.25, -0.2) is 4.39 Å². The highest BCUT2D eigenvalue weighted by Gasteiger charge is 2.41. The van der Waals surface area contributed by atoms with Gasteiger partial charge in [-0.15, -0.1) is 0 Å². The predicted molar refractivity (Wildman–Crippen MR) is 86.9 cm³/mol. The van der Waals surface area contributed by atoms with Crippen LogP contribution in [-0.2, 0) is 5.54 Å². The summed E-state index contributed by atoms with van der Waals surface area (Å²) in [5, 5.41) is 0. The van der Waals surface area contributed by atoms with Crippen LogP contribution in [0, 0.1) is 5.82 Å². The second-order valence-electron chi connectivity index (χ2n) is 5.25. The molecule has 0 amide bonds. The van der Waals surface area contributed by atoms with Gasteiger partial charge in [-0.3, -0.25) is 9.89 Å². The summed E-state index contributed by atoms with van der Waals surface area (Å²) in [5.74, 6) is 0.0290. The Labute approximate surface area is 131 Å². The summed E-state index contributed by atoms with van der Waals surface area (Å²) in [5.41, 5.74) is 7.00. The molecular formula is C16H15BrFN3. The zero-order valence-electron chi connectivity index (χ0n) is 11.6. The van der Waals surface area contributed by atoms with E-state index in [2.05, 4.69) is 20.9 Å². The van der Waals surface area contributed by atoms with E-state index in [9.17, 15) is 4.39 Å². The van der Waals surface area contributed by atoms with Gasteiger partial charge in [-0.1, -0.05) is 40.2 Å². The van der Waals surface area contributed by atoms with Crippen LogP contribution in [-0.4, -0.2) is 12.5 Å². The summed E-state index contributed by atoms with van der Waals surface area (Å²) in [4.78, 5) is 6.10. The lowest BCUT2D eigenvalue weighted by molar-refractivity contribution is 0.520. The van der Waals surface area contributed by atoms with Gasteiger partial charge >= 0.3 is 0 Å². The van der Waals surface area contributed by atoms with E-state index in [-0.39, 0.29) is 5.82 Å². The van der Waals surface area contributed by atoms with Crippen LogP contribution in [0.3, 0.4) is 0 Å². The SMILES string of the molecule is CC1(c2cccc(Br)c2)CN=C(N)N1c1ccccc1F. The molecule has 2 aromatic rings. The Morgan fingerprint density at radius 3 is 2.71 bits per heavy atom. The van der Waals surface area contributed by atoms with Gasteiger partial charge in [0.2, 0.25) is 0 Å². The van der Waals surface area contributed by atoms with Crippen LogP contribution in [0.15, 0.2) is 58.0 Å². The Morgan fingerprint density at radius 1 is 1.24 bits per heavy atom. The third-order valence-electron chi connectivity index (χ3n) is 3.81. The topological polar surface area (TPSA) is 41.6 Å². The number of halogens is 2. The smallest absolute Gasteiger partial charge is 0.196 e. The molecule has 1 heterocycles. The zero-order valence-corrected chi connectivity index (χ0v) is 13.1. The number of guanidine groups is 1. The van der Waals surface area contributed by atoms with Crippen LogP contribution in [0.2, 0.25) is 0 Å². The van der Waals surface area contributed by atoms with Gasteiger partial charge in [0.15, 0.2) is 5.96 Å². The Morgan fingerprint density at radius 2 is 2.00 bits per heavy atom. The molecule has 2 N–H and O–H groups in total. The Kier molecular flexibility index (Phi) is 3.45. The second-order valence-corrected chi connectivity index (χ2v) is 6.16. The lowest BCUT2D eigenvalue weighted by atomic mass is 9.90. The second kappa shape index (κ2) is 5.15. The molecule has 0 radical (unpaired) electrons. The Hall–Kier alpha value is -1.88. The van der Waals surface area contributed by atoms with E-state index in [0.717, 1.165) is 10.0 Å². The molecule has 1 aliphatic heterocycles. The van der Waals surface area contributed by atoms with Crippen molar-refractivity contribution < 1.29 is 4.39 Å². The normalized spacial score (nSPS) is 21.5. The molecule has 3 nitrogen and oxygen atoms in total. The van der Waals surface area contributed by atoms with Crippen molar-refractivity contribution in [1.82, 2.24) is 0 Å². The van der Waals surface area contributed by atoms with Crippen LogP contribution in [0.1, 0.15) is 12.5 Å². The van der Waals surface area contributed by atoms with E-state index in [1.807, 2.05) is 31.2 Å². The first-order chi connectivity index (χ1) is 10.0. The number of para-hydroxylation sites is 1. The van der Waals surface area contributed by atoms with E-state index in [4.69, 9.17) is 5.73 Å². The number of hydrogen-bond acceptors (Lipinski definition) is 3. The fourth-order valence-electron chi connectivity index (χ4n) is 2.70. The van der Waals surface area contributed by atoms with Crippen molar-refractivity contribution in [3.63, 3.8) is 0 Å². The summed E-state index contributed by atoms with van der Waals surface area (Å²) < 4.78 is 15.2. The summed E-state index contributed by atoms with van der Waals surface area (Å²) >= 11 is 3.48. The van der Waals surface area contributed by atoms with Gasteiger partial charge in [0.1, 0.15) is 5.82 Å². The predicted octanol–water partition coefficient (Wildman–Crippen LogP) is 3.64. The van der Waals surface area contributed by atoms with Gasteiger partial charge in [0.25, 0.3) is 0 Å². The molecule has 0 fully saturated rings. The average molecular weight is 348 g/mol. The van der Waals surface area contributed by atoms with Crippen molar-refractivity contribution in [2.24, 2.45) is 10.7 Å². The number of nitrogens with zero attached hydrogens (tertiary/aromatic N) is 2. The van der Waals surface area contributed by atoms with E-state index >= 15 is 0 Å². The number of anilines is 1. The molecule has 0 saturated heterocycles. The molecule has 1 unspecified atom stereocenters. The minimum atomic E-state index is -0.504. The molecule has 0 spiro atoms. The molecule has 2 aromatic carbocycles. The highest BCUT2D eigenvalue weighted by Crippen LogP contribution is 2.38. The summed E-state index contributed by atoms with van der Waals surface area (Å²) in [7, 11) is 0. The molecule has 0 bridgehead atoms. The fourth-order valence-corrected chi connectivity index (χ4v) is 3.09. The minimum Gasteiger partial charge on any atom is -0.369 e. The van der Waals surface area contributed by atoms with Crippen molar-refractivity contribution in [2.45, 2.75) is 12.5 Å². The number of benzene rings is 2. The largest absolute Gasteiger partial charge is 0.369 e. The maximum Gasteiger partial charge on any atom is 0.196 e. The van der Waals surface area contributed by atoms with Gasteiger partial charge in [-0.2, -0.15) is 0 Å². The molecule has 0 saturated carbocycles. The van der Waals surface area contributed by atoms with E-state index in [1.54, 1.807) is 23.1 Å². The standard InChI is InChI=1S/C16H15BrFN3/c1-16(11-5-4-6-12(17)9-11)10-20-15(19)21(16)14-8-3-2-7-13(14)18/h2-9H,10H2,1H3,(H2,19,20). The van der Waals surface area contributed by atoms with Gasteiger partial charge in [0, 0.05) is 4.47 Å². The number of nitrogens with two attached hydrogens (primary N) is 1. The van der Waals surface area contributed by atoms with Crippen molar-refractivity contribution in [3.05, 3.63) is 64.4 Å². The van der Waals surface area contributed by atoms with E-state index in [0.29, 0.717) is 18.2 Å². The van der Waals surface area contributed by atoms with Crippen LogP contribution < -0.4 is 10.6 Å². The maximum atomic E-state index is 14.2. The Bertz CT molecular complexity index is 716. The van der Waals surface area contributed by atoms with Gasteiger partial charge < -0.3 is 5.73 Å². The molecule has 5 heteroatoms. The molecule has 108 valence electrons. The van der Waals surface area contributed by atoms with Crippen LogP contribution >= 0.6 is 15.9 Å². The van der Waals surface area contributed by atoms with E-state index in [1.165, 1.54) is 6.07 Å². The number of aliphatic imine (C=N–C) groups is 1. The van der Waals surface area contributed by atoms with Gasteiger partial charge in [-0.05, 0) is 36.8 Å². The third-order valence-corrected chi connectivity index (χ3v) is 4.30. The first-order valence-corrected chi connectivity index (χ1v) is 7.42. The van der Waals surface area contributed by atoms with Crippen molar-refractivity contribution in [3.8, 4) is 0 Å². The monoisotopic (exact) mass is 347 g/mol. The van der Waals surface area contributed by atoms with Crippen LogP contribution in [0.5, 0.6) is 0 Å².